The van der Waals surface area contributed by atoms with E-state index in [-0.39, 0.29) is 12.5 Å². The number of para-hydroxylation sites is 1. The topological polar surface area (TPSA) is 78.9 Å². The van der Waals surface area contributed by atoms with Crippen LogP contribution in [0, 0.1) is 0 Å². The predicted molar refractivity (Wildman–Crippen MR) is 98.8 cm³/mol. The van der Waals surface area contributed by atoms with Crippen molar-refractivity contribution in [2.75, 3.05) is 18.4 Å². The van der Waals surface area contributed by atoms with Crippen molar-refractivity contribution in [3.8, 4) is 11.5 Å². The molecule has 1 atom stereocenters. The highest BCUT2D eigenvalue weighted by atomic mass is 35.5. The molecule has 0 radical (unpaired) electrons. The molecule has 6 nitrogen and oxygen atoms in total. The number of nitrogens with zero attached hydrogens (tertiary/aromatic N) is 1. The van der Waals surface area contributed by atoms with Gasteiger partial charge in [0.05, 0.1) is 11.6 Å². The van der Waals surface area contributed by atoms with E-state index in [1.54, 1.807) is 41.3 Å². The Labute approximate surface area is 156 Å². The first-order valence-corrected chi connectivity index (χ1v) is 8.70. The molecule has 0 aromatic heterocycles. The van der Waals surface area contributed by atoms with E-state index in [2.05, 4.69) is 5.32 Å². The maximum atomic E-state index is 12.2. The van der Waals surface area contributed by atoms with Crippen molar-refractivity contribution in [2.45, 2.75) is 18.9 Å². The lowest BCUT2D eigenvalue weighted by Gasteiger charge is -2.20. The molecule has 1 saturated heterocycles. The first-order valence-electron chi connectivity index (χ1n) is 8.32. The molecular formula is C19H19ClN2O4. The van der Waals surface area contributed by atoms with Crippen LogP contribution in [0.2, 0.25) is 5.02 Å². The molecule has 0 aliphatic carbocycles. The molecular weight excluding hydrogens is 356 g/mol. The summed E-state index contributed by atoms with van der Waals surface area (Å²) in [4.78, 5) is 25.0. The first kappa shape index (κ1) is 18.2. The summed E-state index contributed by atoms with van der Waals surface area (Å²) in [6.45, 7) is 0.684. The zero-order valence-electron chi connectivity index (χ0n) is 14.0. The van der Waals surface area contributed by atoms with Crippen molar-refractivity contribution in [2.24, 2.45) is 0 Å². The van der Waals surface area contributed by atoms with E-state index in [1.165, 1.54) is 0 Å². The SMILES string of the molecule is O=C(CN1CCC[C@@H]1C(=O)O)Nc1ccc(Oc2ccccc2Cl)cc1. The number of aliphatic carboxylic acids is 1. The molecule has 0 saturated carbocycles. The fourth-order valence-electron chi connectivity index (χ4n) is 2.94. The van der Waals surface area contributed by atoms with Gasteiger partial charge in [0.2, 0.25) is 5.91 Å². The zero-order chi connectivity index (χ0) is 18.5. The second-order valence-corrected chi connectivity index (χ2v) is 6.48. The van der Waals surface area contributed by atoms with E-state index < -0.39 is 12.0 Å². The van der Waals surface area contributed by atoms with Crippen LogP contribution in [-0.2, 0) is 9.59 Å². The van der Waals surface area contributed by atoms with Crippen LogP contribution in [0.4, 0.5) is 5.69 Å². The Hall–Kier alpha value is -2.57. The van der Waals surface area contributed by atoms with Crippen molar-refractivity contribution in [1.29, 1.82) is 0 Å². The number of rotatable bonds is 6. The third-order valence-electron chi connectivity index (χ3n) is 4.20. The van der Waals surface area contributed by atoms with Gasteiger partial charge in [0.25, 0.3) is 0 Å². The Balaban J connectivity index is 1.56. The molecule has 1 aliphatic rings. The average molecular weight is 375 g/mol. The van der Waals surface area contributed by atoms with Crippen LogP contribution < -0.4 is 10.1 Å². The number of anilines is 1. The summed E-state index contributed by atoms with van der Waals surface area (Å²) in [5.41, 5.74) is 0.618. The van der Waals surface area contributed by atoms with Crippen molar-refractivity contribution in [3.05, 3.63) is 53.6 Å². The summed E-state index contributed by atoms with van der Waals surface area (Å²) in [6.07, 6.45) is 1.37. The summed E-state index contributed by atoms with van der Waals surface area (Å²) in [7, 11) is 0. The number of amides is 1. The number of halogens is 1. The molecule has 1 amide bonds. The number of carbonyl (C=O) groups excluding carboxylic acids is 1. The minimum Gasteiger partial charge on any atom is -0.480 e. The van der Waals surface area contributed by atoms with Gasteiger partial charge in [0, 0.05) is 5.69 Å². The molecule has 0 unspecified atom stereocenters. The molecule has 1 fully saturated rings. The third-order valence-corrected chi connectivity index (χ3v) is 4.51. The maximum absolute atomic E-state index is 12.2. The molecule has 0 bridgehead atoms. The lowest BCUT2D eigenvalue weighted by atomic mass is 10.2. The standard InChI is InChI=1S/C19H19ClN2O4/c20-15-4-1-2-6-17(15)26-14-9-7-13(8-10-14)21-18(23)12-22-11-3-5-16(22)19(24)25/h1-2,4,6-10,16H,3,5,11-12H2,(H,21,23)(H,24,25)/t16-/m1/s1. The Bertz CT molecular complexity index is 794. The Morgan fingerprint density at radius 1 is 1.19 bits per heavy atom. The molecule has 26 heavy (non-hydrogen) atoms. The number of carbonyl (C=O) groups is 2. The van der Waals surface area contributed by atoms with Gasteiger partial charge < -0.3 is 15.2 Å². The molecule has 0 spiro atoms. The van der Waals surface area contributed by atoms with Gasteiger partial charge in [-0.1, -0.05) is 23.7 Å². The number of carboxylic acid groups (broad SMARTS) is 1. The van der Waals surface area contributed by atoms with Crippen molar-refractivity contribution in [1.82, 2.24) is 4.90 Å². The fourth-order valence-corrected chi connectivity index (χ4v) is 3.12. The lowest BCUT2D eigenvalue weighted by Crippen LogP contribution is -2.40. The smallest absolute Gasteiger partial charge is 0.320 e. The van der Waals surface area contributed by atoms with Gasteiger partial charge in [-0.15, -0.1) is 0 Å². The first-order chi connectivity index (χ1) is 12.5. The number of hydrogen-bond acceptors (Lipinski definition) is 4. The quantitative estimate of drug-likeness (QED) is 0.807. The molecule has 1 heterocycles. The number of likely N-dealkylation sites (tertiary alicyclic amines) is 1. The Kier molecular flexibility index (Phi) is 5.75. The summed E-state index contributed by atoms with van der Waals surface area (Å²) in [6, 6.07) is 13.5. The highest BCUT2D eigenvalue weighted by Crippen LogP contribution is 2.29. The largest absolute Gasteiger partial charge is 0.480 e. The van der Waals surface area contributed by atoms with Gasteiger partial charge in [-0.3, -0.25) is 14.5 Å². The lowest BCUT2D eigenvalue weighted by molar-refractivity contribution is -0.142. The molecule has 1 aliphatic heterocycles. The van der Waals surface area contributed by atoms with E-state index in [0.29, 0.717) is 35.2 Å². The van der Waals surface area contributed by atoms with E-state index in [4.69, 9.17) is 21.4 Å². The minimum absolute atomic E-state index is 0.0643. The van der Waals surface area contributed by atoms with E-state index in [9.17, 15) is 9.59 Å². The number of nitrogens with one attached hydrogen (secondary N) is 1. The summed E-state index contributed by atoms with van der Waals surface area (Å²) < 4.78 is 5.70. The van der Waals surface area contributed by atoms with Gasteiger partial charge in [0.15, 0.2) is 0 Å². The molecule has 3 rings (SSSR count). The number of carboxylic acids is 1. The predicted octanol–water partition coefficient (Wildman–Crippen LogP) is 3.62. The molecule has 2 aromatic rings. The highest BCUT2D eigenvalue weighted by Gasteiger charge is 2.31. The van der Waals surface area contributed by atoms with E-state index in [0.717, 1.165) is 6.42 Å². The number of benzene rings is 2. The van der Waals surface area contributed by atoms with Crippen LogP contribution in [0.5, 0.6) is 11.5 Å². The summed E-state index contributed by atoms with van der Waals surface area (Å²) in [5, 5.41) is 12.5. The van der Waals surface area contributed by atoms with Crippen LogP contribution in [0.25, 0.3) is 0 Å². The Morgan fingerprint density at radius 2 is 1.92 bits per heavy atom. The van der Waals surface area contributed by atoms with Crippen LogP contribution in [0.15, 0.2) is 48.5 Å². The second kappa shape index (κ2) is 8.21. The average Bonchev–Trinajstić information content (AvgIpc) is 3.07. The number of ether oxygens (including phenoxy) is 1. The molecule has 7 heteroatoms. The van der Waals surface area contributed by atoms with Gasteiger partial charge in [-0.25, -0.2) is 0 Å². The monoisotopic (exact) mass is 374 g/mol. The van der Waals surface area contributed by atoms with Crippen LogP contribution in [-0.4, -0.2) is 41.0 Å². The van der Waals surface area contributed by atoms with E-state index in [1.807, 2.05) is 12.1 Å². The van der Waals surface area contributed by atoms with Crippen LogP contribution in [0.3, 0.4) is 0 Å². The number of hydrogen-bond donors (Lipinski definition) is 2. The normalized spacial score (nSPS) is 17.0. The van der Waals surface area contributed by atoms with Crippen molar-refractivity contribution in [3.63, 3.8) is 0 Å². The summed E-state index contributed by atoms with van der Waals surface area (Å²) in [5.74, 6) is 0.0376. The van der Waals surface area contributed by atoms with Crippen LogP contribution in [0.1, 0.15) is 12.8 Å². The van der Waals surface area contributed by atoms with Gasteiger partial charge in [0.1, 0.15) is 17.5 Å². The van der Waals surface area contributed by atoms with E-state index >= 15 is 0 Å². The highest BCUT2D eigenvalue weighted by molar-refractivity contribution is 6.32. The Morgan fingerprint density at radius 3 is 2.62 bits per heavy atom. The zero-order valence-corrected chi connectivity index (χ0v) is 14.8. The fraction of sp³-hybridized carbons (Fsp3) is 0.263. The minimum atomic E-state index is -0.878. The molecule has 136 valence electrons. The second-order valence-electron chi connectivity index (χ2n) is 6.07. The molecule has 2 aromatic carbocycles. The van der Waals surface area contributed by atoms with Gasteiger partial charge in [-0.05, 0) is 55.8 Å². The molecule has 2 N–H and O–H groups in total. The third kappa shape index (κ3) is 4.53. The van der Waals surface area contributed by atoms with Crippen molar-refractivity contribution < 1.29 is 19.4 Å². The van der Waals surface area contributed by atoms with Gasteiger partial charge in [-0.2, -0.15) is 0 Å². The summed E-state index contributed by atoms with van der Waals surface area (Å²) >= 11 is 6.06. The maximum Gasteiger partial charge on any atom is 0.320 e. The van der Waals surface area contributed by atoms with Gasteiger partial charge >= 0.3 is 5.97 Å². The van der Waals surface area contributed by atoms with Crippen molar-refractivity contribution >= 4 is 29.2 Å². The van der Waals surface area contributed by atoms with Crippen LogP contribution >= 0.6 is 11.6 Å².